The molecule has 1 heterocycles. The van der Waals surface area contributed by atoms with Crippen molar-refractivity contribution in [1.29, 1.82) is 0 Å². The predicted molar refractivity (Wildman–Crippen MR) is 88.7 cm³/mol. The van der Waals surface area contributed by atoms with E-state index in [2.05, 4.69) is 4.98 Å². The Morgan fingerprint density at radius 3 is 2.74 bits per heavy atom. The summed E-state index contributed by atoms with van der Waals surface area (Å²) in [6, 6.07) is 5.84. The number of aromatic nitrogens is 1. The maximum Gasteiger partial charge on any atom is 0.304 e. The molecule has 0 fully saturated rings. The van der Waals surface area contributed by atoms with Crippen LogP contribution < -0.4 is 4.74 Å². The van der Waals surface area contributed by atoms with Crippen LogP contribution in [0.3, 0.4) is 0 Å². The van der Waals surface area contributed by atoms with E-state index in [1.807, 2.05) is 17.3 Å². The average Bonchev–Trinajstić information content (AvgIpc) is 2.92. The Balaban J connectivity index is 0.00000264. The van der Waals surface area contributed by atoms with Crippen molar-refractivity contribution in [2.24, 2.45) is 0 Å². The van der Waals surface area contributed by atoms with Crippen LogP contribution in [0.4, 0.5) is 4.39 Å². The van der Waals surface area contributed by atoms with Gasteiger partial charge in [0.2, 0.25) is 0 Å². The van der Waals surface area contributed by atoms with Gasteiger partial charge in [0.25, 0.3) is 0 Å². The number of carbonyl (C=O) groups is 1. The van der Waals surface area contributed by atoms with E-state index in [-0.39, 0.29) is 24.6 Å². The van der Waals surface area contributed by atoms with Crippen molar-refractivity contribution < 1.29 is 19.0 Å². The predicted octanol–water partition coefficient (Wildman–Crippen LogP) is 3.19. The van der Waals surface area contributed by atoms with Gasteiger partial charge in [-0.15, -0.1) is 23.7 Å². The van der Waals surface area contributed by atoms with Gasteiger partial charge >= 0.3 is 5.97 Å². The number of carboxylic acids is 1. The molecule has 0 spiro atoms. The SMILES string of the molecule is CN(CCC(=O)O)Cc1csc(COc2ccc(F)cc2)n1.Cl. The Kier molecular flexibility index (Phi) is 7.94. The van der Waals surface area contributed by atoms with E-state index in [1.54, 1.807) is 12.1 Å². The van der Waals surface area contributed by atoms with Crippen LogP contribution in [0.2, 0.25) is 0 Å². The molecule has 2 aromatic rings. The molecular weight excluding hydrogens is 343 g/mol. The summed E-state index contributed by atoms with van der Waals surface area (Å²) < 4.78 is 18.3. The quantitative estimate of drug-likeness (QED) is 0.783. The molecule has 126 valence electrons. The summed E-state index contributed by atoms with van der Waals surface area (Å²) in [5.41, 5.74) is 0.885. The van der Waals surface area contributed by atoms with Gasteiger partial charge in [-0.05, 0) is 31.3 Å². The molecule has 0 aliphatic rings. The number of halogens is 2. The Morgan fingerprint density at radius 2 is 2.09 bits per heavy atom. The van der Waals surface area contributed by atoms with Gasteiger partial charge in [0, 0.05) is 18.5 Å². The van der Waals surface area contributed by atoms with Crippen molar-refractivity contribution >= 4 is 29.7 Å². The minimum absolute atomic E-state index is 0. The van der Waals surface area contributed by atoms with Crippen LogP contribution in [0.1, 0.15) is 17.1 Å². The summed E-state index contributed by atoms with van der Waals surface area (Å²) in [5.74, 6) is -0.511. The molecule has 23 heavy (non-hydrogen) atoms. The van der Waals surface area contributed by atoms with Crippen molar-refractivity contribution in [1.82, 2.24) is 9.88 Å². The maximum atomic E-state index is 12.8. The van der Waals surface area contributed by atoms with Gasteiger partial charge in [0.1, 0.15) is 23.2 Å². The molecule has 0 radical (unpaired) electrons. The first-order valence-corrected chi connectivity index (χ1v) is 7.63. The smallest absolute Gasteiger partial charge is 0.304 e. The summed E-state index contributed by atoms with van der Waals surface area (Å²) in [7, 11) is 1.86. The van der Waals surface area contributed by atoms with E-state index in [9.17, 15) is 9.18 Å². The van der Waals surface area contributed by atoms with E-state index in [0.717, 1.165) is 10.7 Å². The van der Waals surface area contributed by atoms with Crippen molar-refractivity contribution in [3.63, 3.8) is 0 Å². The van der Waals surface area contributed by atoms with E-state index in [4.69, 9.17) is 9.84 Å². The van der Waals surface area contributed by atoms with Gasteiger partial charge in [-0.2, -0.15) is 0 Å². The minimum Gasteiger partial charge on any atom is -0.486 e. The Morgan fingerprint density at radius 1 is 1.39 bits per heavy atom. The molecule has 0 aliphatic heterocycles. The highest BCUT2D eigenvalue weighted by Gasteiger charge is 2.07. The molecule has 0 saturated carbocycles. The van der Waals surface area contributed by atoms with Gasteiger partial charge in [-0.3, -0.25) is 9.69 Å². The van der Waals surface area contributed by atoms with Crippen LogP contribution in [-0.2, 0) is 17.9 Å². The van der Waals surface area contributed by atoms with E-state index < -0.39 is 5.97 Å². The summed E-state index contributed by atoms with van der Waals surface area (Å²) in [6.45, 7) is 1.41. The number of ether oxygens (including phenoxy) is 1. The van der Waals surface area contributed by atoms with E-state index >= 15 is 0 Å². The zero-order chi connectivity index (χ0) is 15.9. The van der Waals surface area contributed by atoms with Crippen LogP contribution >= 0.6 is 23.7 Å². The lowest BCUT2D eigenvalue weighted by atomic mass is 10.3. The largest absolute Gasteiger partial charge is 0.486 e. The third kappa shape index (κ3) is 6.94. The highest BCUT2D eigenvalue weighted by Crippen LogP contribution is 2.16. The fraction of sp³-hybridized carbons (Fsp3) is 0.333. The number of benzene rings is 1. The highest BCUT2D eigenvalue weighted by molar-refractivity contribution is 7.09. The van der Waals surface area contributed by atoms with Crippen LogP contribution in [0.5, 0.6) is 5.75 Å². The van der Waals surface area contributed by atoms with Crippen LogP contribution in [0, 0.1) is 5.82 Å². The van der Waals surface area contributed by atoms with Crippen molar-refractivity contribution in [2.45, 2.75) is 19.6 Å². The normalized spacial score (nSPS) is 10.4. The lowest BCUT2D eigenvalue weighted by molar-refractivity contribution is -0.137. The molecule has 0 saturated heterocycles. The lowest BCUT2D eigenvalue weighted by Gasteiger charge is -2.13. The third-order valence-electron chi connectivity index (χ3n) is 2.91. The molecule has 0 amide bonds. The van der Waals surface area contributed by atoms with Crippen molar-refractivity contribution in [3.8, 4) is 5.75 Å². The summed E-state index contributed by atoms with van der Waals surface area (Å²) in [6.07, 6.45) is 0.112. The third-order valence-corrected chi connectivity index (χ3v) is 3.79. The fourth-order valence-corrected chi connectivity index (χ4v) is 2.50. The topological polar surface area (TPSA) is 62.7 Å². The number of carboxylic acid groups (broad SMARTS) is 1. The molecule has 0 atom stereocenters. The Labute approximate surface area is 144 Å². The molecule has 1 aromatic heterocycles. The molecule has 1 aromatic carbocycles. The van der Waals surface area contributed by atoms with Gasteiger partial charge in [0.15, 0.2) is 0 Å². The molecule has 8 heteroatoms. The van der Waals surface area contributed by atoms with Crippen molar-refractivity contribution in [3.05, 3.63) is 46.2 Å². The Bertz CT molecular complexity index is 621. The second-order valence-electron chi connectivity index (χ2n) is 4.86. The summed E-state index contributed by atoms with van der Waals surface area (Å²) in [4.78, 5) is 16.9. The monoisotopic (exact) mass is 360 g/mol. The zero-order valence-electron chi connectivity index (χ0n) is 12.6. The molecule has 5 nitrogen and oxygen atoms in total. The first-order chi connectivity index (χ1) is 10.5. The average molecular weight is 361 g/mol. The van der Waals surface area contributed by atoms with Crippen LogP contribution in [-0.4, -0.2) is 34.6 Å². The van der Waals surface area contributed by atoms with Gasteiger partial charge in [0.05, 0.1) is 12.1 Å². The molecule has 0 aliphatic carbocycles. The molecule has 0 bridgehead atoms. The van der Waals surface area contributed by atoms with E-state index in [1.165, 1.54) is 23.5 Å². The number of hydrogen-bond acceptors (Lipinski definition) is 5. The minimum atomic E-state index is -0.807. The molecule has 0 unspecified atom stereocenters. The number of rotatable bonds is 8. The number of aliphatic carboxylic acids is 1. The standard InChI is InChI=1S/C15H17FN2O3S.ClH/c1-18(7-6-15(19)20)8-12-10-22-14(17-12)9-21-13-4-2-11(16)3-5-13;/h2-5,10H,6-9H2,1H3,(H,19,20);1H. The number of nitrogens with zero attached hydrogens (tertiary/aromatic N) is 2. The van der Waals surface area contributed by atoms with Crippen molar-refractivity contribution in [2.75, 3.05) is 13.6 Å². The molecule has 2 rings (SSSR count). The second-order valence-corrected chi connectivity index (χ2v) is 5.80. The number of hydrogen-bond donors (Lipinski definition) is 1. The summed E-state index contributed by atoms with van der Waals surface area (Å²) in [5, 5.41) is 11.4. The fourth-order valence-electron chi connectivity index (χ4n) is 1.81. The first kappa shape index (κ1) is 19.3. The lowest BCUT2D eigenvalue weighted by Crippen LogP contribution is -2.21. The van der Waals surface area contributed by atoms with Gasteiger partial charge in [-0.25, -0.2) is 9.37 Å². The van der Waals surface area contributed by atoms with Crippen LogP contribution in [0.15, 0.2) is 29.6 Å². The maximum absolute atomic E-state index is 12.8. The second kappa shape index (κ2) is 9.44. The van der Waals surface area contributed by atoms with E-state index in [0.29, 0.717) is 25.4 Å². The molecular formula is C15H18ClFN2O3S. The highest BCUT2D eigenvalue weighted by atomic mass is 35.5. The van der Waals surface area contributed by atoms with Gasteiger partial charge < -0.3 is 9.84 Å². The van der Waals surface area contributed by atoms with Crippen LogP contribution in [0.25, 0.3) is 0 Å². The molecule has 1 N–H and O–H groups in total. The summed E-state index contributed by atoms with van der Waals surface area (Å²) >= 11 is 1.49. The first-order valence-electron chi connectivity index (χ1n) is 6.75. The Hall–Kier alpha value is -1.70. The van der Waals surface area contributed by atoms with Gasteiger partial charge in [-0.1, -0.05) is 0 Å². The number of thiazole rings is 1. The zero-order valence-corrected chi connectivity index (χ0v) is 14.2.